The minimum atomic E-state index is -1.02. The van der Waals surface area contributed by atoms with Crippen LogP contribution in [0.1, 0.15) is 54.0 Å². The third kappa shape index (κ3) is 5.35. The smallest absolute Gasteiger partial charge is 0.326 e. The Morgan fingerprint density at radius 1 is 1.19 bits per heavy atom. The molecule has 0 bridgehead atoms. The van der Waals surface area contributed by atoms with Gasteiger partial charge in [0.1, 0.15) is 12.4 Å². The highest BCUT2D eigenvalue weighted by Crippen LogP contribution is 2.42. The number of nitriles is 1. The summed E-state index contributed by atoms with van der Waals surface area (Å²) in [5, 5.41) is 19.7. The molecule has 7 nitrogen and oxygen atoms in total. The Morgan fingerprint density at radius 3 is 2.49 bits per heavy atom. The Bertz CT molecular complexity index is 1350. The van der Waals surface area contributed by atoms with Crippen molar-refractivity contribution in [1.82, 2.24) is 4.90 Å². The number of hydrogen-bond donors (Lipinski definition) is 1. The van der Waals surface area contributed by atoms with Crippen LogP contribution < -0.4 is 4.90 Å². The lowest BCUT2D eigenvalue weighted by Crippen LogP contribution is -2.43. The first kappa shape index (κ1) is 25.9. The van der Waals surface area contributed by atoms with Crippen molar-refractivity contribution in [2.24, 2.45) is 4.99 Å². The van der Waals surface area contributed by atoms with Gasteiger partial charge >= 0.3 is 5.97 Å². The molecule has 1 amide bonds. The van der Waals surface area contributed by atoms with Crippen molar-refractivity contribution < 1.29 is 14.7 Å². The Kier molecular flexibility index (Phi) is 7.90. The number of aliphatic imine (C=N–C) groups is 1. The molecule has 0 radical (unpaired) electrons. The number of carboxylic acid groups (broad SMARTS) is 1. The molecule has 8 heteroatoms. The van der Waals surface area contributed by atoms with E-state index in [2.05, 4.69) is 4.99 Å². The van der Waals surface area contributed by atoms with Crippen molar-refractivity contribution in [3.63, 3.8) is 0 Å². The van der Waals surface area contributed by atoms with Crippen molar-refractivity contribution in [1.29, 1.82) is 5.26 Å². The summed E-state index contributed by atoms with van der Waals surface area (Å²) < 4.78 is 0. The van der Waals surface area contributed by atoms with Crippen LogP contribution >= 0.6 is 11.6 Å². The first-order valence-electron chi connectivity index (χ1n) is 12.0. The average molecular weight is 515 g/mol. The molecule has 4 rings (SSSR count). The molecule has 0 saturated heterocycles. The van der Waals surface area contributed by atoms with E-state index in [-0.39, 0.29) is 11.8 Å². The van der Waals surface area contributed by atoms with Crippen LogP contribution in [-0.2, 0) is 9.59 Å². The van der Waals surface area contributed by atoms with Crippen LogP contribution in [0.4, 0.5) is 5.69 Å². The topological polar surface area (TPSA) is 97.0 Å². The van der Waals surface area contributed by atoms with E-state index in [9.17, 15) is 14.7 Å². The molecule has 3 aromatic rings. The average Bonchev–Trinajstić information content (AvgIpc) is 2.91. The highest BCUT2D eigenvalue weighted by atomic mass is 35.5. The van der Waals surface area contributed by atoms with Crippen molar-refractivity contribution >= 4 is 35.5 Å². The molecule has 1 N–H and O–H groups in total. The van der Waals surface area contributed by atoms with Gasteiger partial charge in [0.2, 0.25) is 12.1 Å². The highest BCUT2D eigenvalue weighted by Gasteiger charge is 2.34. The van der Waals surface area contributed by atoms with Gasteiger partial charge in [0.15, 0.2) is 0 Å². The lowest BCUT2D eigenvalue weighted by molar-refractivity contribution is -0.142. The molecule has 1 aliphatic heterocycles. The standard InChI is InChI=1S/C29H27ClN4O3/c1-3-25(29(36)37)34(18-32-17-31)28(20-9-12-22(30)13-10-20)21-11-14-26-24(15-21)23(16-27(35)33(26)2)19-7-5-4-6-8-19/h4-15,18,23,25,28H,3,16H2,1-2H3,(H,36,37). The SMILES string of the molecule is CCC(C(=O)O)N(C=NC#N)C(c1ccc(Cl)cc1)c1ccc2c(c1)C(c1ccccc1)CC(=O)N2C. The number of halogens is 1. The van der Waals surface area contributed by atoms with E-state index in [0.717, 1.165) is 27.9 Å². The first-order chi connectivity index (χ1) is 17.8. The number of nitrogens with zero attached hydrogens (tertiary/aromatic N) is 4. The number of carbonyl (C=O) groups is 2. The van der Waals surface area contributed by atoms with Gasteiger partial charge in [-0.3, -0.25) is 4.79 Å². The maximum Gasteiger partial charge on any atom is 0.326 e. The molecule has 37 heavy (non-hydrogen) atoms. The van der Waals surface area contributed by atoms with Crippen LogP contribution in [0.2, 0.25) is 5.02 Å². The Balaban J connectivity index is 1.93. The van der Waals surface area contributed by atoms with Gasteiger partial charge in [-0.15, -0.1) is 0 Å². The van der Waals surface area contributed by atoms with Gasteiger partial charge < -0.3 is 14.9 Å². The lowest BCUT2D eigenvalue weighted by atomic mass is 9.82. The molecule has 1 heterocycles. The summed E-state index contributed by atoms with van der Waals surface area (Å²) in [6.07, 6.45) is 3.66. The molecule has 0 spiro atoms. The van der Waals surface area contributed by atoms with E-state index in [4.69, 9.17) is 16.9 Å². The molecular formula is C29H27ClN4O3. The molecule has 0 aliphatic carbocycles. The third-order valence-corrected chi connectivity index (χ3v) is 7.08. The lowest BCUT2D eigenvalue weighted by Gasteiger charge is -2.37. The monoisotopic (exact) mass is 514 g/mol. The normalized spacial score (nSPS) is 16.6. The summed E-state index contributed by atoms with van der Waals surface area (Å²) in [5.74, 6) is -1.13. The minimum Gasteiger partial charge on any atom is -0.480 e. The van der Waals surface area contributed by atoms with Gasteiger partial charge in [-0.05, 0) is 46.9 Å². The molecule has 0 saturated carbocycles. The van der Waals surface area contributed by atoms with Gasteiger partial charge in [-0.2, -0.15) is 10.3 Å². The zero-order valence-corrected chi connectivity index (χ0v) is 21.3. The van der Waals surface area contributed by atoms with Crippen LogP contribution in [0.15, 0.2) is 77.8 Å². The van der Waals surface area contributed by atoms with Gasteiger partial charge in [0, 0.05) is 30.1 Å². The Morgan fingerprint density at radius 2 is 1.86 bits per heavy atom. The number of anilines is 1. The van der Waals surface area contributed by atoms with Crippen molar-refractivity contribution in [2.45, 2.75) is 37.8 Å². The van der Waals surface area contributed by atoms with Crippen LogP contribution in [0.5, 0.6) is 0 Å². The molecule has 1 aliphatic rings. The minimum absolute atomic E-state index is 0.0306. The van der Waals surface area contributed by atoms with Crippen molar-refractivity contribution in [3.8, 4) is 6.19 Å². The quantitative estimate of drug-likeness (QED) is 0.239. The molecule has 3 aromatic carbocycles. The van der Waals surface area contributed by atoms with Gasteiger partial charge in [0.25, 0.3) is 0 Å². The van der Waals surface area contributed by atoms with Crippen LogP contribution in [0.25, 0.3) is 0 Å². The number of fused-ring (bicyclic) bond motifs is 1. The maximum absolute atomic E-state index is 12.8. The zero-order valence-electron chi connectivity index (χ0n) is 20.6. The maximum atomic E-state index is 12.8. The number of aliphatic carboxylic acids is 1. The fourth-order valence-corrected chi connectivity index (χ4v) is 5.11. The highest BCUT2D eigenvalue weighted by molar-refractivity contribution is 6.30. The van der Waals surface area contributed by atoms with Crippen molar-refractivity contribution in [3.05, 3.63) is 100 Å². The zero-order chi connectivity index (χ0) is 26.5. The van der Waals surface area contributed by atoms with Crippen molar-refractivity contribution in [2.75, 3.05) is 11.9 Å². The van der Waals surface area contributed by atoms with Gasteiger partial charge in [0.05, 0.1) is 6.04 Å². The summed E-state index contributed by atoms with van der Waals surface area (Å²) in [4.78, 5) is 32.1. The Labute approximate surface area is 221 Å². The summed E-state index contributed by atoms with van der Waals surface area (Å²) >= 11 is 6.16. The van der Waals surface area contributed by atoms with Crippen LogP contribution in [-0.4, -0.2) is 41.3 Å². The summed E-state index contributed by atoms with van der Waals surface area (Å²) in [6, 6.07) is 21.4. The molecule has 0 fully saturated rings. The number of carboxylic acids is 1. The number of benzene rings is 3. The number of rotatable bonds is 8. The molecule has 188 valence electrons. The number of amides is 1. The largest absolute Gasteiger partial charge is 0.480 e. The van der Waals surface area contributed by atoms with E-state index in [1.807, 2.05) is 60.7 Å². The predicted molar refractivity (Wildman–Crippen MR) is 144 cm³/mol. The van der Waals surface area contributed by atoms with Gasteiger partial charge in [-0.1, -0.05) is 73.1 Å². The van der Waals surface area contributed by atoms with E-state index >= 15 is 0 Å². The second-order valence-electron chi connectivity index (χ2n) is 8.95. The molecule has 0 aromatic heterocycles. The third-order valence-electron chi connectivity index (χ3n) is 6.82. The van der Waals surface area contributed by atoms with Crippen LogP contribution in [0, 0.1) is 11.5 Å². The van der Waals surface area contributed by atoms with E-state index < -0.39 is 18.1 Å². The first-order valence-corrected chi connectivity index (χ1v) is 12.4. The van der Waals surface area contributed by atoms with E-state index in [1.165, 1.54) is 6.34 Å². The summed E-state index contributed by atoms with van der Waals surface area (Å²) in [6.45, 7) is 1.78. The Hall–Kier alpha value is -4.15. The fourth-order valence-electron chi connectivity index (χ4n) is 4.98. The summed E-state index contributed by atoms with van der Waals surface area (Å²) in [7, 11) is 1.77. The second-order valence-corrected chi connectivity index (χ2v) is 9.38. The second kappa shape index (κ2) is 11.3. The summed E-state index contributed by atoms with van der Waals surface area (Å²) in [5.41, 5.74) is 4.43. The molecule has 3 atom stereocenters. The van der Waals surface area contributed by atoms with Gasteiger partial charge in [-0.25, -0.2) is 4.79 Å². The predicted octanol–water partition coefficient (Wildman–Crippen LogP) is 5.60. The van der Waals surface area contributed by atoms with E-state index in [1.54, 1.807) is 42.1 Å². The fraction of sp³-hybridized carbons (Fsp3) is 0.241. The van der Waals surface area contributed by atoms with Crippen LogP contribution in [0.3, 0.4) is 0 Å². The number of hydrogen-bond acceptors (Lipinski definition) is 4. The van der Waals surface area contributed by atoms with E-state index in [0.29, 0.717) is 17.9 Å². The molecule has 3 unspecified atom stereocenters. The molecular weight excluding hydrogens is 488 g/mol. The number of carbonyl (C=O) groups excluding carboxylic acids is 1.